The van der Waals surface area contributed by atoms with Gasteiger partial charge in [-0.05, 0) is 66.9 Å². The summed E-state index contributed by atoms with van der Waals surface area (Å²) in [5.74, 6) is 2.08. The van der Waals surface area contributed by atoms with Crippen LogP contribution in [0.3, 0.4) is 0 Å². The molecule has 0 N–H and O–H groups in total. The minimum atomic E-state index is 0.328. The third-order valence-electron chi connectivity index (χ3n) is 6.41. The summed E-state index contributed by atoms with van der Waals surface area (Å²) in [5, 5.41) is 0. The van der Waals surface area contributed by atoms with Crippen LogP contribution in [0.5, 0.6) is 5.88 Å². The standard InChI is InChI=1S/C27H38N2O3/c1-7-20(17-31-6)21-9-8-19(4)26-22(16-21)10-12-25(28-26)23-11-13-24(18(2)3)29-27(23)32-15-14-30-5/h8,10-13,18,20-21H,7,9,14-17H2,1-6H3/t20-,21?/m1/s1. The number of pyridine rings is 2. The Kier molecular flexibility index (Phi) is 8.83. The summed E-state index contributed by atoms with van der Waals surface area (Å²) < 4.78 is 16.7. The molecule has 2 heterocycles. The zero-order chi connectivity index (χ0) is 23.1. The second kappa shape index (κ2) is 11.6. The van der Waals surface area contributed by atoms with Gasteiger partial charge in [0.25, 0.3) is 0 Å². The van der Waals surface area contributed by atoms with Gasteiger partial charge in [-0.3, -0.25) is 0 Å². The lowest BCUT2D eigenvalue weighted by Gasteiger charge is -2.24. The Morgan fingerprint density at radius 2 is 1.84 bits per heavy atom. The first kappa shape index (κ1) is 24.4. The molecule has 5 nitrogen and oxygen atoms in total. The van der Waals surface area contributed by atoms with Gasteiger partial charge in [0, 0.05) is 26.5 Å². The highest BCUT2D eigenvalue weighted by Gasteiger charge is 2.25. The van der Waals surface area contributed by atoms with Crippen LogP contribution < -0.4 is 4.74 Å². The van der Waals surface area contributed by atoms with Crippen molar-refractivity contribution < 1.29 is 14.2 Å². The summed E-state index contributed by atoms with van der Waals surface area (Å²) in [5.41, 5.74) is 6.48. The molecular weight excluding hydrogens is 400 g/mol. The van der Waals surface area contributed by atoms with Crippen LogP contribution in [-0.2, 0) is 15.9 Å². The van der Waals surface area contributed by atoms with Crippen molar-refractivity contribution in [2.24, 2.45) is 11.8 Å². The normalized spacial score (nSPS) is 17.0. The Bertz CT molecular complexity index is 923. The molecule has 0 spiro atoms. The minimum Gasteiger partial charge on any atom is -0.475 e. The van der Waals surface area contributed by atoms with E-state index in [0.29, 0.717) is 36.8 Å². The van der Waals surface area contributed by atoms with Crippen LogP contribution in [-0.4, -0.2) is 44.0 Å². The summed E-state index contributed by atoms with van der Waals surface area (Å²) in [6.45, 7) is 10.5. The molecular formula is C27H38N2O3. The summed E-state index contributed by atoms with van der Waals surface area (Å²) in [6, 6.07) is 8.51. The molecule has 2 aromatic rings. The fraction of sp³-hybridized carbons (Fsp3) is 0.556. The average Bonchev–Trinajstić information content (AvgIpc) is 2.96. The summed E-state index contributed by atoms with van der Waals surface area (Å²) in [6.07, 6.45) is 5.57. The van der Waals surface area contributed by atoms with Crippen molar-refractivity contribution in [1.29, 1.82) is 0 Å². The van der Waals surface area contributed by atoms with Crippen molar-refractivity contribution in [3.63, 3.8) is 0 Å². The second-order valence-electron chi connectivity index (χ2n) is 9.00. The van der Waals surface area contributed by atoms with E-state index in [9.17, 15) is 0 Å². The zero-order valence-corrected chi connectivity index (χ0v) is 20.5. The van der Waals surface area contributed by atoms with Crippen LogP contribution in [0.25, 0.3) is 16.8 Å². The van der Waals surface area contributed by atoms with Crippen molar-refractivity contribution in [2.45, 2.75) is 52.9 Å². The van der Waals surface area contributed by atoms with Crippen LogP contribution in [0, 0.1) is 11.8 Å². The van der Waals surface area contributed by atoms with Gasteiger partial charge in [-0.2, -0.15) is 0 Å². The Balaban J connectivity index is 1.96. The highest BCUT2D eigenvalue weighted by molar-refractivity contribution is 5.71. The van der Waals surface area contributed by atoms with E-state index >= 15 is 0 Å². The number of aromatic nitrogens is 2. The van der Waals surface area contributed by atoms with Crippen molar-refractivity contribution in [3.05, 3.63) is 47.3 Å². The van der Waals surface area contributed by atoms with E-state index in [1.807, 2.05) is 0 Å². The van der Waals surface area contributed by atoms with Crippen LogP contribution in [0.1, 0.15) is 63.4 Å². The summed E-state index contributed by atoms with van der Waals surface area (Å²) in [7, 11) is 3.47. The van der Waals surface area contributed by atoms with E-state index in [1.54, 1.807) is 14.2 Å². The third kappa shape index (κ3) is 5.76. The van der Waals surface area contributed by atoms with Gasteiger partial charge in [-0.25, -0.2) is 9.97 Å². The molecule has 1 unspecified atom stereocenters. The summed E-state index contributed by atoms with van der Waals surface area (Å²) in [4.78, 5) is 9.89. The number of methoxy groups -OCH3 is 2. The SMILES string of the molecule is CC[C@H](COC)C1CC=C(C)c2nc(-c3ccc(C(C)C)nc3OCCOC)ccc2C1. The Morgan fingerprint density at radius 3 is 2.53 bits per heavy atom. The number of rotatable bonds is 10. The predicted molar refractivity (Wildman–Crippen MR) is 130 cm³/mol. The van der Waals surface area contributed by atoms with Gasteiger partial charge in [-0.15, -0.1) is 0 Å². The van der Waals surface area contributed by atoms with Gasteiger partial charge in [-0.1, -0.05) is 39.3 Å². The molecule has 2 atom stereocenters. The van der Waals surface area contributed by atoms with Crippen molar-refractivity contribution in [2.75, 3.05) is 34.0 Å². The zero-order valence-electron chi connectivity index (χ0n) is 20.5. The van der Waals surface area contributed by atoms with Gasteiger partial charge < -0.3 is 14.2 Å². The minimum absolute atomic E-state index is 0.328. The van der Waals surface area contributed by atoms with E-state index < -0.39 is 0 Å². The molecule has 1 aliphatic carbocycles. The molecule has 2 aromatic heterocycles. The second-order valence-corrected chi connectivity index (χ2v) is 9.00. The highest BCUT2D eigenvalue weighted by atomic mass is 16.5. The quantitative estimate of drug-likeness (QED) is 0.430. The maximum atomic E-state index is 6.00. The third-order valence-corrected chi connectivity index (χ3v) is 6.41. The largest absolute Gasteiger partial charge is 0.475 e. The predicted octanol–water partition coefficient (Wildman–Crippen LogP) is 5.93. The first-order chi connectivity index (χ1) is 15.5. The number of nitrogens with zero attached hydrogens (tertiary/aromatic N) is 2. The molecule has 0 amide bonds. The molecule has 3 rings (SSSR count). The molecule has 174 valence electrons. The molecule has 5 heteroatoms. The number of allylic oxidation sites excluding steroid dienone is 2. The van der Waals surface area contributed by atoms with Crippen LogP contribution in [0.2, 0.25) is 0 Å². The molecule has 0 fully saturated rings. The van der Waals surface area contributed by atoms with E-state index in [1.165, 1.54) is 11.1 Å². The number of hydrogen-bond acceptors (Lipinski definition) is 5. The van der Waals surface area contributed by atoms with E-state index in [2.05, 4.69) is 58.0 Å². The van der Waals surface area contributed by atoms with E-state index in [0.717, 1.165) is 48.5 Å². The topological polar surface area (TPSA) is 53.5 Å². The van der Waals surface area contributed by atoms with Crippen molar-refractivity contribution in [1.82, 2.24) is 9.97 Å². The van der Waals surface area contributed by atoms with Crippen LogP contribution in [0.15, 0.2) is 30.3 Å². The molecule has 32 heavy (non-hydrogen) atoms. The monoisotopic (exact) mass is 438 g/mol. The van der Waals surface area contributed by atoms with Gasteiger partial charge in [0.15, 0.2) is 0 Å². The van der Waals surface area contributed by atoms with Gasteiger partial charge in [0.05, 0.1) is 23.6 Å². The first-order valence-electron chi connectivity index (χ1n) is 11.8. The fourth-order valence-corrected chi connectivity index (χ4v) is 4.40. The maximum absolute atomic E-state index is 6.00. The Labute approximate surface area is 193 Å². The van der Waals surface area contributed by atoms with Gasteiger partial charge in [0.1, 0.15) is 6.61 Å². The maximum Gasteiger partial charge on any atom is 0.223 e. The number of ether oxygens (including phenoxy) is 3. The van der Waals surface area contributed by atoms with Crippen LogP contribution in [0.4, 0.5) is 0 Å². The Morgan fingerprint density at radius 1 is 1.03 bits per heavy atom. The lowest BCUT2D eigenvalue weighted by atomic mass is 9.84. The molecule has 0 radical (unpaired) electrons. The lowest BCUT2D eigenvalue weighted by molar-refractivity contribution is 0.117. The van der Waals surface area contributed by atoms with E-state index in [4.69, 9.17) is 24.2 Å². The average molecular weight is 439 g/mol. The number of hydrogen-bond donors (Lipinski definition) is 0. The van der Waals surface area contributed by atoms with Crippen molar-refractivity contribution in [3.8, 4) is 17.1 Å². The highest BCUT2D eigenvalue weighted by Crippen LogP contribution is 2.35. The van der Waals surface area contributed by atoms with Gasteiger partial charge >= 0.3 is 0 Å². The van der Waals surface area contributed by atoms with E-state index in [-0.39, 0.29) is 0 Å². The molecule has 0 bridgehead atoms. The van der Waals surface area contributed by atoms with Gasteiger partial charge in [0.2, 0.25) is 5.88 Å². The smallest absolute Gasteiger partial charge is 0.223 e. The molecule has 0 saturated carbocycles. The molecule has 1 aliphatic rings. The lowest BCUT2D eigenvalue weighted by Crippen LogP contribution is -2.20. The first-order valence-corrected chi connectivity index (χ1v) is 11.8. The fourth-order valence-electron chi connectivity index (χ4n) is 4.40. The Hall–Kier alpha value is -2.24. The number of fused-ring (bicyclic) bond motifs is 1. The molecule has 0 aliphatic heterocycles. The van der Waals surface area contributed by atoms with Crippen LogP contribution >= 0.6 is 0 Å². The molecule has 0 saturated heterocycles. The summed E-state index contributed by atoms with van der Waals surface area (Å²) >= 11 is 0. The van der Waals surface area contributed by atoms with Crippen molar-refractivity contribution >= 4 is 5.57 Å². The molecule has 0 aromatic carbocycles.